The first-order valence-electron chi connectivity index (χ1n) is 7.38. The minimum absolute atomic E-state index is 0.101. The van der Waals surface area contributed by atoms with Crippen LogP contribution in [-0.2, 0) is 22.6 Å². The smallest absolute Gasteiger partial charge is 0.245 e. The van der Waals surface area contributed by atoms with E-state index in [0.29, 0.717) is 18.7 Å². The molecule has 0 fully saturated rings. The van der Waals surface area contributed by atoms with Crippen molar-refractivity contribution in [2.45, 2.75) is 26.3 Å². The van der Waals surface area contributed by atoms with Crippen LogP contribution in [-0.4, -0.2) is 11.7 Å². The predicted octanol–water partition coefficient (Wildman–Crippen LogP) is 2.55. The van der Waals surface area contributed by atoms with Crippen LogP contribution in [0.2, 0.25) is 0 Å². The van der Waals surface area contributed by atoms with Gasteiger partial charge in [0.25, 0.3) is 0 Å². The Morgan fingerprint density at radius 1 is 1.26 bits per heavy atom. The lowest BCUT2D eigenvalue weighted by Gasteiger charge is -2.09. The second-order valence-electron chi connectivity index (χ2n) is 5.31. The molecule has 1 heterocycles. The molecule has 0 saturated carbocycles. The third-order valence-corrected chi connectivity index (χ3v) is 3.50. The summed E-state index contributed by atoms with van der Waals surface area (Å²) in [6.45, 7) is 2.27. The second kappa shape index (κ2) is 7.95. The average Bonchev–Trinajstić information content (AvgIpc) is 3.06. The Morgan fingerprint density at radius 2 is 2.00 bits per heavy atom. The lowest BCUT2D eigenvalue weighted by molar-refractivity contribution is -0.131. The van der Waals surface area contributed by atoms with Crippen LogP contribution in [0.15, 0.2) is 47.1 Å². The minimum Gasteiger partial charge on any atom is -0.469 e. The molecular weight excluding hydrogens is 292 g/mol. The van der Waals surface area contributed by atoms with Gasteiger partial charge in [-0.25, -0.2) is 0 Å². The summed E-state index contributed by atoms with van der Waals surface area (Å²) in [5, 5.41) is 11.7. The van der Waals surface area contributed by atoms with Crippen molar-refractivity contribution in [2.75, 3.05) is 0 Å². The van der Waals surface area contributed by atoms with E-state index in [9.17, 15) is 9.59 Å². The summed E-state index contributed by atoms with van der Waals surface area (Å²) < 4.78 is 5.14. The first kappa shape index (κ1) is 16.5. The van der Waals surface area contributed by atoms with E-state index in [1.165, 1.54) is 6.26 Å². The summed E-state index contributed by atoms with van der Waals surface area (Å²) >= 11 is 0. The Hall–Kier alpha value is -2.87. The van der Waals surface area contributed by atoms with E-state index in [-0.39, 0.29) is 6.42 Å². The molecule has 0 radical (unpaired) electrons. The highest BCUT2D eigenvalue weighted by molar-refractivity contribution is 6.03. The summed E-state index contributed by atoms with van der Waals surface area (Å²) in [7, 11) is 0. The van der Waals surface area contributed by atoms with Gasteiger partial charge in [-0.05, 0) is 24.6 Å². The van der Waals surface area contributed by atoms with Crippen molar-refractivity contribution in [1.82, 2.24) is 5.32 Å². The Morgan fingerprint density at radius 3 is 2.61 bits per heavy atom. The molecule has 0 aliphatic rings. The highest BCUT2D eigenvalue weighted by atomic mass is 16.3. The van der Waals surface area contributed by atoms with Gasteiger partial charge in [-0.3, -0.25) is 9.59 Å². The number of furan rings is 1. The first-order valence-corrected chi connectivity index (χ1v) is 7.38. The molecule has 1 N–H and O–H groups in total. The standard InChI is InChI=1S/C18H18N2O3/c1-13-4-6-14(7-5-13)12-20-18(22)16(11-19)17(21)9-8-15-3-2-10-23-15/h2-7,10,16H,8-9,12H2,1H3,(H,20,22)/t16-/m1/s1. The molecule has 1 aromatic heterocycles. The largest absolute Gasteiger partial charge is 0.469 e. The molecule has 1 atom stereocenters. The maximum Gasteiger partial charge on any atom is 0.245 e. The topological polar surface area (TPSA) is 83.1 Å². The summed E-state index contributed by atoms with van der Waals surface area (Å²) in [4.78, 5) is 24.1. The van der Waals surface area contributed by atoms with E-state index < -0.39 is 17.6 Å². The lowest BCUT2D eigenvalue weighted by Crippen LogP contribution is -2.34. The number of aryl methyl sites for hydroxylation is 2. The number of amides is 1. The van der Waals surface area contributed by atoms with Crippen molar-refractivity contribution in [1.29, 1.82) is 5.26 Å². The number of ketones is 1. The summed E-state index contributed by atoms with van der Waals surface area (Å²) in [6.07, 6.45) is 2.01. The summed E-state index contributed by atoms with van der Waals surface area (Å²) in [6, 6.07) is 13.0. The van der Waals surface area contributed by atoms with Crippen molar-refractivity contribution in [2.24, 2.45) is 5.92 Å². The zero-order chi connectivity index (χ0) is 16.7. The molecule has 5 heteroatoms. The number of nitriles is 1. The maximum absolute atomic E-state index is 12.0. The Balaban J connectivity index is 1.86. The van der Waals surface area contributed by atoms with Gasteiger partial charge in [0.2, 0.25) is 5.91 Å². The number of Topliss-reactive ketones (excluding diaryl/α,β-unsaturated/α-hetero) is 1. The van der Waals surface area contributed by atoms with Gasteiger partial charge >= 0.3 is 0 Å². The molecule has 0 bridgehead atoms. The zero-order valence-corrected chi connectivity index (χ0v) is 12.9. The van der Waals surface area contributed by atoms with Gasteiger partial charge in [0.1, 0.15) is 5.76 Å². The molecule has 118 valence electrons. The quantitative estimate of drug-likeness (QED) is 0.797. The molecule has 23 heavy (non-hydrogen) atoms. The molecule has 0 aliphatic heterocycles. The van der Waals surface area contributed by atoms with Crippen molar-refractivity contribution in [3.63, 3.8) is 0 Å². The highest BCUT2D eigenvalue weighted by Crippen LogP contribution is 2.09. The molecule has 0 unspecified atom stereocenters. The highest BCUT2D eigenvalue weighted by Gasteiger charge is 2.25. The number of carbonyl (C=O) groups excluding carboxylic acids is 2. The zero-order valence-electron chi connectivity index (χ0n) is 12.9. The number of hydrogen-bond acceptors (Lipinski definition) is 4. The van der Waals surface area contributed by atoms with Gasteiger partial charge in [-0.15, -0.1) is 0 Å². The molecule has 1 aromatic carbocycles. The first-order chi connectivity index (χ1) is 11.1. The normalized spacial score (nSPS) is 11.5. The fraction of sp³-hybridized carbons (Fsp3) is 0.278. The summed E-state index contributed by atoms with van der Waals surface area (Å²) in [5.41, 5.74) is 2.05. The lowest BCUT2D eigenvalue weighted by atomic mass is 10.00. The second-order valence-corrected chi connectivity index (χ2v) is 5.31. The van der Waals surface area contributed by atoms with Crippen LogP contribution >= 0.6 is 0 Å². The maximum atomic E-state index is 12.0. The van der Waals surface area contributed by atoms with E-state index in [4.69, 9.17) is 9.68 Å². The molecule has 5 nitrogen and oxygen atoms in total. The molecule has 0 spiro atoms. The number of rotatable bonds is 7. The van der Waals surface area contributed by atoms with Crippen LogP contribution in [0.3, 0.4) is 0 Å². The third kappa shape index (κ3) is 4.82. The molecule has 2 rings (SSSR count). The van der Waals surface area contributed by atoms with Crippen LogP contribution in [0.5, 0.6) is 0 Å². The fourth-order valence-corrected chi connectivity index (χ4v) is 2.12. The van der Waals surface area contributed by atoms with Gasteiger partial charge in [0.05, 0.1) is 12.3 Å². The summed E-state index contributed by atoms with van der Waals surface area (Å²) in [5.74, 6) is -1.58. The van der Waals surface area contributed by atoms with E-state index in [1.54, 1.807) is 18.2 Å². The molecule has 0 saturated heterocycles. The van der Waals surface area contributed by atoms with Gasteiger partial charge < -0.3 is 9.73 Å². The van der Waals surface area contributed by atoms with Crippen molar-refractivity contribution in [3.8, 4) is 6.07 Å². The fourth-order valence-electron chi connectivity index (χ4n) is 2.12. The van der Waals surface area contributed by atoms with E-state index in [1.807, 2.05) is 31.2 Å². The Labute approximate surface area is 134 Å². The van der Waals surface area contributed by atoms with Crippen LogP contribution < -0.4 is 5.32 Å². The van der Waals surface area contributed by atoms with Crippen molar-refractivity contribution >= 4 is 11.7 Å². The number of nitrogens with one attached hydrogen (secondary N) is 1. The van der Waals surface area contributed by atoms with Crippen LogP contribution in [0.4, 0.5) is 0 Å². The average molecular weight is 310 g/mol. The number of benzene rings is 1. The van der Waals surface area contributed by atoms with E-state index in [2.05, 4.69) is 5.32 Å². The van der Waals surface area contributed by atoms with E-state index >= 15 is 0 Å². The van der Waals surface area contributed by atoms with Gasteiger partial charge in [-0.2, -0.15) is 5.26 Å². The molecule has 2 aromatic rings. The number of hydrogen-bond donors (Lipinski definition) is 1. The van der Waals surface area contributed by atoms with Gasteiger partial charge in [-0.1, -0.05) is 29.8 Å². The minimum atomic E-state index is -1.28. The Kier molecular flexibility index (Phi) is 5.70. The SMILES string of the molecule is Cc1ccc(CNC(=O)[C@H](C#N)C(=O)CCc2ccco2)cc1. The van der Waals surface area contributed by atoms with Crippen LogP contribution in [0.1, 0.15) is 23.3 Å². The molecule has 1 amide bonds. The number of nitrogens with zero attached hydrogens (tertiary/aromatic N) is 1. The van der Waals surface area contributed by atoms with Crippen LogP contribution in [0, 0.1) is 24.2 Å². The monoisotopic (exact) mass is 310 g/mol. The van der Waals surface area contributed by atoms with Gasteiger partial charge in [0, 0.05) is 19.4 Å². The van der Waals surface area contributed by atoms with Crippen molar-refractivity contribution in [3.05, 3.63) is 59.5 Å². The third-order valence-electron chi connectivity index (χ3n) is 3.50. The molecular formula is C18H18N2O3. The molecule has 0 aliphatic carbocycles. The van der Waals surface area contributed by atoms with Crippen LogP contribution in [0.25, 0.3) is 0 Å². The Bertz CT molecular complexity index is 697. The van der Waals surface area contributed by atoms with Gasteiger partial charge in [0.15, 0.2) is 11.7 Å². The van der Waals surface area contributed by atoms with E-state index in [0.717, 1.165) is 11.1 Å². The van der Waals surface area contributed by atoms with Crippen molar-refractivity contribution < 1.29 is 14.0 Å². The number of carbonyl (C=O) groups is 2. The predicted molar refractivity (Wildman–Crippen MR) is 84.2 cm³/mol.